The lowest BCUT2D eigenvalue weighted by Crippen LogP contribution is -2.42. The molecule has 0 saturated heterocycles. The largest absolute Gasteiger partial charge is 0.480 e. The highest BCUT2D eigenvalue weighted by atomic mass is 32.2. The van der Waals surface area contributed by atoms with Gasteiger partial charge in [0.05, 0.1) is 5.75 Å². The van der Waals surface area contributed by atoms with Gasteiger partial charge in [0.15, 0.2) is 0 Å². The third-order valence-electron chi connectivity index (χ3n) is 2.57. The van der Waals surface area contributed by atoms with Crippen LogP contribution < -0.4 is 10.9 Å². The van der Waals surface area contributed by atoms with E-state index in [2.05, 4.69) is 10.4 Å². The fourth-order valence-electron chi connectivity index (χ4n) is 1.44. The second-order valence-corrected chi connectivity index (χ2v) is 6.72. The van der Waals surface area contributed by atoms with Gasteiger partial charge in [-0.25, -0.2) is 17.9 Å². The number of sulfone groups is 1. The molecule has 0 aliphatic carbocycles. The fourth-order valence-corrected chi connectivity index (χ4v) is 2.11. The molecule has 1 aromatic heterocycles. The highest BCUT2D eigenvalue weighted by molar-refractivity contribution is 7.90. The molecule has 0 bridgehead atoms. The minimum Gasteiger partial charge on any atom is -0.480 e. The Kier molecular flexibility index (Phi) is 5.19. The molecule has 21 heavy (non-hydrogen) atoms. The molecule has 1 rings (SSSR count). The van der Waals surface area contributed by atoms with Crippen LogP contribution >= 0.6 is 0 Å². The summed E-state index contributed by atoms with van der Waals surface area (Å²) in [5.41, 5.74) is -0.555. The highest BCUT2D eigenvalue weighted by Gasteiger charge is 2.23. The number of rotatable bonds is 6. The summed E-state index contributed by atoms with van der Waals surface area (Å²) in [6.07, 6.45) is 0.716. The van der Waals surface area contributed by atoms with Crippen molar-refractivity contribution in [2.75, 3.05) is 12.0 Å². The number of carboxylic acid groups (broad SMARTS) is 1. The monoisotopic (exact) mass is 317 g/mol. The first-order chi connectivity index (χ1) is 9.60. The first kappa shape index (κ1) is 16.8. The van der Waals surface area contributed by atoms with Gasteiger partial charge < -0.3 is 10.4 Å². The summed E-state index contributed by atoms with van der Waals surface area (Å²) in [5, 5.41) is 14.8. The second kappa shape index (κ2) is 6.48. The quantitative estimate of drug-likeness (QED) is 0.644. The summed E-state index contributed by atoms with van der Waals surface area (Å²) in [4.78, 5) is 34.0. The Hall–Kier alpha value is -2.23. The van der Waals surface area contributed by atoms with Crippen molar-refractivity contribution in [1.82, 2.24) is 15.1 Å². The van der Waals surface area contributed by atoms with Crippen LogP contribution in [-0.4, -0.2) is 53.2 Å². The number of aliphatic carboxylic acids is 1. The predicted molar refractivity (Wildman–Crippen MR) is 72.7 cm³/mol. The molecule has 0 aliphatic rings. The van der Waals surface area contributed by atoms with Crippen LogP contribution in [0.25, 0.3) is 0 Å². The van der Waals surface area contributed by atoms with E-state index in [0.717, 1.165) is 23.1 Å². The molecule has 0 aliphatic heterocycles. The Labute approximate surface area is 120 Å². The number of carboxylic acids is 1. The van der Waals surface area contributed by atoms with Crippen LogP contribution in [-0.2, 0) is 21.7 Å². The van der Waals surface area contributed by atoms with Gasteiger partial charge >= 0.3 is 5.97 Å². The molecule has 1 unspecified atom stereocenters. The van der Waals surface area contributed by atoms with Crippen LogP contribution in [0.15, 0.2) is 16.9 Å². The first-order valence-electron chi connectivity index (χ1n) is 5.86. The number of hydrogen-bond donors (Lipinski definition) is 2. The minimum atomic E-state index is -3.34. The molecule has 116 valence electrons. The van der Waals surface area contributed by atoms with Crippen molar-refractivity contribution in [3.63, 3.8) is 0 Å². The Morgan fingerprint density at radius 2 is 2.05 bits per heavy atom. The Balaban J connectivity index is 2.83. The van der Waals surface area contributed by atoms with E-state index >= 15 is 0 Å². The third-order valence-corrected chi connectivity index (χ3v) is 3.55. The lowest BCUT2D eigenvalue weighted by Gasteiger charge is -2.13. The maximum atomic E-state index is 11.8. The van der Waals surface area contributed by atoms with E-state index < -0.39 is 33.3 Å². The standard InChI is InChI=1S/C11H15N3O6S/c1-14-9(15)4-3-7(13-14)10(16)12-8(11(17)18)5-6-21(2,19)20/h3-4,8H,5-6H2,1-2H3,(H,12,16)(H,17,18). The fraction of sp³-hybridized carbons (Fsp3) is 0.455. The highest BCUT2D eigenvalue weighted by Crippen LogP contribution is 1.99. The average Bonchev–Trinajstić information content (AvgIpc) is 2.36. The molecule has 0 aromatic carbocycles. The zero-order valence-electron chi connectivity index (χ0n) is 11.4. The van der Waals surface area contributed by atoms with Gasteiger partial charge in [0.25, 0.3) is 11.5 Å². The lowest BCUT2D eigenvalue weighted by molar-refractivity contribution is -0.139. The SMILES string of the molecule is Cn1nc(C(=O)NC(CCS(C)(=O)=O)C(=O)O)ccc1=O. The van der Waals surface area contributed by atoms with Crippen LogP contribution in [0.4, 0.5) is 0 Å². The number of aromatic nitrogens is 2. The first-order valence-corrected chi connectivity index (χ1v) is 7.92. The number of aryl methyl sites for hydroxylation is 1. The van der Waals surface area contributed by atoms with Crippen molar-refractivity contribution in [3.8, 4) is 0 Å². The van der Waals surface area contributed by atoms with Crippen molar-refractivity contribution >= 4 is 21.7 Å². The molecule has 1 aromatic rings. The molecule has 0 radical (unpaired) electrons. The number of nitrogens with zero attached hydrogens (tertiary/aromatic N) is 2. The molecular weight excluding hydrogens is 302 g/mol. The van der Waals surface area contributed by atoms with Crippen LogP contribution in [0.3, 0.4) is 0 Å². The van der Waals surface area contributed by atoms with Crippen molar-refractivity contribution in [2.45, 2.75) is 12.5 Å². The average molecular weight is 317 g/mol. The van der Waals surface area contributed by atoms with Gasteiger partial charge in [-0.05, 0) is 12.5 Å². The summed E-state index contributed by atoms with van der Waals surface area (Å²) >= 11 is 0. The molecule has 0 fully saturated rings. The van der Waals surface area contributed by atoms with E-state index in [9.17, 15) is 22.8 Å². The summed E-state index contributed by atoms with van der Waals surface area (Å²) in [6, 6.07) is 0.924. The van der Waals surface area contributed by atoms with Crippen molar-refractivity contribution < 1.29 is 23.1 Å². The van der Waals surface area contributed by atoms with Gasteiger partial charge in [0.2, 0.25) is 0 Å². The van der Waals surface area contributed by atoms with Gasteiger partial charge in [0, 0.05) is 19.4 Å². The van der Waals surface area contributed by atoms with Crippen LogP contribution in [0.1, 0.15) is 16.9 Å². The van der Waals surface area contributed by atoms with E-state index in [4.69, 9.17) is 5.11 Å². The molecule has 2 N–H and O–H groups in total. The van der Waals surface area contributed by atoms with Crippen LogP contribution in [0, 0.1) is 0 Å². The Bertz CT molecular complexity index is 709. The molecular formula is C11H15N3O6S. The smallest absolute Gasteiger partial charge is 0.326 e. The molecule has 1 heterocycles. The topological polar surface area (TPSA) is 135 Å². The van der Waals surface area contributed by atoms with Gasteiger partial charge in [-0.15, -0.1) is 0 Å². The molecule has 9 nitrogen and oxygen atoms in total. The summed E-state index contributed by atoms with van der Waals surface area (Å²) in [6.45, 7) is 0. The van der Waals surface area contributed by atoms with E-state index in [1.165, 1.54) is 7.05 Å². The maximum Gasteiger partial charge on any atom is 0.326 e. The van der Waals surface area contributed by atoms with Crippen molar-refractivity contribution in [1.29, 1.82) is 0 Å². The number of carbonyl (C=O) groups is 2. The normalized spacial score (nSPS) is 12.7. The third kappa shape index (κ3) is 5.34. The zero-order chi connectivity index (χ0) is 16.2. The molecule has 10 heteroatoms. The number of nitrogens with one attached hydrogen (secondary N) is 1. The predicted octanol–water partition coefficient (Wildman–Crippen LogP) is -1.60. The molecule has 1 amide bonds. The minimum absolute atomic E-state index is 0.136. The van der Waals surface area contributed by atoms with E-state index in [1.807, 2.05) is 0 Å². The van der Waals surface area contributed by atoms with Gasteiger partial charge in [-0.3, -0.25) is 9.59 Å². The van der Waals surface area contributed by atoms with Crippen molar-refractivity contribution in [2.24, 2.45) is 7.05 Å². The summed E-state index contributed by atoms with van der Waals surface area (Å²) in [5.74, 6) is -2.52. The Morgan fingerprint density at radius 1 is 1.43 bits per heavy atom. The van der Waals surface area contributed by atoms with E-state index in [0.29, 0.717) is 0 Å². The number of carbonyl (C=O) groups excluding carboxylic acids is 1. The summed E-state index contributed by atoms with van der Waals surface area (Å²) < 4.78 is 23.0. The van der Waals surface area contributed by atoms with E-state index in [-0.39, 0.29) is 17.9 Å². The van der Waals surface area contributed by atoms with Gasteiger partial charge in [-0.1, -0.05) is 0 Å². The van der Waals surface area contributed by atoms with Gasteiger partial charge in [-0.2, -0.15) is 5.10 Å². The van der Waals surface area contributed by atoms with Crippen LogP contribution in [0.2, 0.25) is 0 Å². The number of hydrogen-bond acceptors (Lipinski definition) is 6. The summed E-state index contributed by atoms with van der Waals surface area (Å²) in [7, 11) is -2.00. The second-order valence-electron chi connectivity index (χ2n) is 4.46. The molecule has 1 atom stereocenters. The maximum absolute atomic E-state index is 11.8. The van der Waals surface area contributed by atoms with Crippen LogP contribution in [0.5, 0.6) is 0 Å². The molecule has 0 spiro atoms. The van der Waals surface area contributed by atoms with Crippen molar-refractivity contribution in [3.05, 3.63) is 28.2 Å². The lowest BCUT2D eigenvalue weighted by atomic mass is 10.2. The number of amides is 1. The molecule has 0 saturated carbocycles. The van der Waals surface area contributed by atoms with Gasteiger partial charge in [0.1, 0.15) is 21.6 Å². The van der Waals surface area contributed by atoms with E-state index in [1.54, 1.807) is 0 Å². The zero-order valence-corrected chi connectivity index (χ0v) is 12.3. The Morgan fingerprint density at radius 3 is 2.52 bits per heavy atom.